The Morgan fingerprint density at radius 1 is 1.47 bits per heavy atom. The van der Waals surface area contributed by atoms with Gasteiger partial charge >= 0.3 is 0 Å². The molecule has 2 aromatic rings. The van der Waals surface area contributed by atoms with Crippen LogP contribution >= 0.6 is 0 Å². The summed E-state index contributed by atoms with van der Waals surface area (Å²) in [6.45, 7) is 1.16. The normalized spacial score (nSPS) is 16.1. The minimum atomic E-state index is 0.440. The van der Waals surface area contributed by atoms with Crippen LogP contribution < -0.4 is 5.73 Å². The maximum atomic E-state index is 5.44. The molecular formula is C10H14N6O. The molecule has 90 valence electrons. The van der Waals surface area contributed by atoms with E-state index >= 15 is 0 Å². The topological polar surface area (TPSA) is 95.7 Å². The molecule has 0 aromatic carbocycles. The van der Waals surface area contributed by atoms with Crippen molar-refractivity contribution in [1.82, 2.24) is 25.1 Å². The van der Waals surface area contributed by atoms with Gasteiger partial charge in [-0.05, 0) is 12.8 Å². The molecule has 3 rings (SSSR count). The van der Waals surface area contributed by atoms with Gasteiger partial charge in [-0.25, -0.2) is 0 Å². The molecule has 0 amide bonds. The first-order valence-corrected chi connectivity index (χ1v) is 5.81. The predicted octanol–water partition coefficient (Wildman–Crippen LogP) is 0.554. The van der Waals surface area contributed by atoms with E-state index in [0.29, 0.717) is 30.6 Å². The van der Waals surface area contributed by atoms with Gasteiger partial charge in [-0.3, -0.25) is 4.68 Å². The highest BCUT2D eigenvalue weighted by Crippen LogP contribution is 2.35. The Kier molecular flexibility index (Phi) is 2.60. The lowest BCUT2D eigenvalue weighted by atomic mass is 9.85. The number of aromatic nitrogens is 5. The molecule has 2 heterocycles. The first-order chi connectivity index (χ1) is 8.36. The van der Waals surface area contributed by atoms with E-state index in [9.17, 15) is 0 Å². The smallest absolute Gasteiger partial charge is 0.280 e. The molecule has 7 heteroatoms. The Balaban J connectivity index is 1.79. The van der Waals surface area contributed by atoms with E-state index in [1.807, 2.05) is 0 Å². The zero-order valence-corrected chi connectivity index (χ0v) is 9.41. The molecule has 0 atom stereocenters. The fraction of sp³-hybridized carbons (Fsp3) is 0.600. The lowest BCUT2D eigenvalue weighted by molar-refractivity contribution is 0.366. The molecule has 1 fully saturated rings. The van der Waals surface area contributed by atoms with Crippen molar-refractivity contribution in [1.29, 1.82) is 0 Å². The average Bonchev–Trinajstić information content (AvgIpc) is 2.84. The van der Waals surface area contributed by atoms with Gasteiger partial charge in [0.2, 0.25) is 0 Å². The van der Waals surface area contributed by atoms with Gasteiger partial charge in [0.25, 0.3) is 5.89 Å². The van der Waals surface area contributed by atoms with Crippen LogP contribution in [0.3, 0.4) is 0 Å². The van der Waals surface area contributed by atoms with Crippen molar-refractivity contribution in [2.45, 2.75) is 31.7 Å². The van der Waals surface area contributed by atoms with Crippen molar-refractivity contribution in [2.24, 2.45) is 5.73 Å². The van der Waals surface area contributed by atoms with Gasteiger partial charge < -0.3 is 10.3 Å². The first-order valence-electron chi connectivity index (χ1n) is 5.81. The summed E-state index contributed by atoms with van der Waals surface area (Å²) in [4.78, 5) is 4.35. The van der Waals surface area contributed by atoms with Crippen molar-refractivity contribution in [3.63, 3.8) is 0 Å². The summed E-state index contributed by atoms with van der Waals surface area (Å²) in [5.74, 6) is 1.70. The van der Waals surface area contributed by atoms with Gasteiger partial charge in [-0.15, -0.1) is 5.10 Å². The van der Waals surface area contributed by atoms with E-state index in [-0.39, 0.29) is 0 Å². The van der Waals surface area contributed by atoms with Gasteiger partial charge in [0.05, 0.1) is 12.7 Å². The monoisotopic (exact) mass is 234 g/mol. The molecule has 7 nitrogen and oxygen atoms in total. The molecule has 0 unspecified atom stereocenters. The quantitative estimate of drug-likeness (QED) is 0.830. The Hall–Kier alpha value is -1.76. The Morgan fingerprint density at radius 3 is 3.06 bits per heavy atom. The third-order valence-electron chi connectivity index (χ3n) is 3.03. The number of nitrogens with zero attached hydrogens (tertiary/aromatic N) is 5. The second-order valence-electron chi connectivity index (χ2n) is 4.24. The van der Waals surface area contributed by atoms with Crippen LogP contribution in [-0.2, 0) is 6.54 Å². The molecule has 17 heavy (non-hydrogen) atoms. The number of nitrogens with two attached hydrogens (primary N) is 1. The van der Waals surface area contributed by atoms with Crippen LogP contribution in [0.15, 0.2) is 10.7 Å². The summed E-state index contributed by atoms with van der Waals surface area (Å²) in [7, 11) is 0. The summed E-state index contributed by atoms with van der Waals surface area (Å²) in [6, 6.07) is 0. The molecule has 0 aliphatic heterocycles. The van der Waals surface area contributed by atoms with Crippen molar-refractivity contribution < 1.29 is 4.52 Å². The van der Waals surface area contributed by atoms with Crippen molar-refractivity contribution in [3.05, 3.63) is 12.0 Å². The van der Waals surface area contributed by atoms with Crippen molar-refractivity contribution in [2.75, 3.05) is 6.54 Å². The Labute approximate surface area is 98.0 Å². The first kappa shape index (κ1) is 10.4. The summed E-state index contributed by atoms with van der Waals surface area (Å²) < 4.78 is 6.86. The van der Waals surface area contributed by atoms with Gasteiger partial charge in [-0.1, -0.05) is 16.8 Å². The summed E-state index contributed by atoms with van der Waals surface area (Å²) >= 11 is 0. The van der Waals surface area contributed by atoms with E-state index in [0.717, 1.165) is 18.7 Å². The standard InChI is InChI=1S/C10H14N6O/c11-4-5-16-6-8(13-15-16)10-12-9(14-17-10)7-2-1-3-7/h6-7H,1-5,11H2. The summed E-state index contributed by atoms with van der Waals surface area (Å²) in [5, 5.41) is 11.9. The largest absolute Gasteiger partial charge is 0.332 e. The molecule has 0 saturated heterocycles. The summed E-state index contributed by atoms with van der Waals surface area (Å²) in [5.41, 5.74) is 6.05. The molecule has 2 aromatic heterocycles. The van der Waals surface area contributed by atoms with Gasteiger partial charge in [0.15, 0.2) is 11.5 Å². The SMILES string of the molecule is NCCn1cc(-c2nc(C3CCC3)no2)nn1. The fourth-order valence-corrected chi connectivity index (χ4v) is 1.81. The third-order valence-corrected chi connectivity index (χ3v) is 3.03. The highest BCUT2D eigenvalue weighted by Gasteiger charge is 2.25. The van der Waals surface area contributed by atoms with Crippen LogP contribution in [0.5, 0.6) is 0 Å². The van der Waals surface area contributed by atoms with Crippen LogP contribution in [0.1, 0.15) is 31.0 Å². The lowest BCUT2D eigenvalue weighted by Gasteiger charge is -2.20. The second-order valence-corrected chi connectivity index (χ2v) is 4.24. The van der Waals surface area contributed by atoms with Crippen LogP contribution in [0.4, 0.5) is 0 Å². The maximum absolute atomic E-state index is 5.44. The zero-order valence-electron chi connectivity index (χ0n) is 9.41. The highest BCUT2D eigenvalue weighted by atomic mass is 16.5. The van der Waals surface area contributed by atoms with Gasteiger partial charge in [0.1, 0.15) is 0 Å². The van der Waals surface area contributed by atoms with E-state index in [4.69, 9.17) is 10.3 Å². The number of hydrogen-bond acceptors (Lipinski definition) is 6. The molecule has 1 aliphatic rings. The maximum Gasteiger partial charge on any atom is 0.280 e. The number of rotatable bonds is 4. The van der Waals surface area contributed by atoms with Crippen LogP contribution in [0.25, 0.3) is 11.6 Å². The minimum absolute atomic E-state index is 0.440. The van der Waals surface area contributed by atoms with Crippen LogP contribution in [-0.4, -0.2) is 31.7 Å². The molecular weight excluding hydrogens is 220 g/mol. The summed E-state index contributed by atoms with van der Waals surface area (Å²) in [6.07, 6.45) is 5.32. The fourth-order valence-electron chi connectivity index (χ4n) is 1.81. The molecule has 1 saturated carbocycles. The minimum Gasteiger partial charge on any atom is -0.332 e. The van der Waals surface area contributed by atoms with E-state index in [1.165, 1.54) is 6.42 Å². The Morgan fingerprint density at radius 2 is 2.35 bits per heavy atom. The second kappa shape index (κ2) is 4.25. The third kappa shape index (κ3) is 1.93. The Bertz CT molecular complexity index is 500. The molecule has 1 aliphatic carbocycles. The van der Waals surface area contributed by atoms with Crippen LogP contribution in [0.2, 0.25) is 0 Å². The lowest BCUT2D eigenvalue weighted by Crippen LogP contribution is -2.10. The molecule has 0 bridgehead atoms. The van der Waals surface area contributed by atoms with E-state index < -0.39 is 0 Å². The number of hydrogen-bond donors (Lipinski definition) is 1. The van der Waals surface area contributed by atoms with Gasteiger partial charge in [0, 0.05) is 12.5 Å². The van der Waals surface area contributed by atoms with E-state index in [1.54, 1.807) is 10.9 Å². The molecule has 0 spiro atoms. The van der Waals surface area contributed by atoms with Crippen LogP contribution in [0, 0.1) is 0 Å². The van der Waals surface area contributed by atoms with E-state index in [2.05, 4.69) is 20.5 Å². The zero-order chi connectivity index (χ0) is 11.7. The molecule has 0 radical (unpaired) electrons. The van der Waals surface area contributed by atoms with Crippen molar-refractivity contribution in [3.8, 4) is 11.6 Å². The predicted molar refractivity (Wildman–Crippen MR) is 59.0 cm³/mol. The van der Waals surface area contributed by atoms with Gasteiger partial charge in [-0.2, -0.15) is 4.98 Å². The van der Waals surface area contributed by atoms with Crippen molar-refractivity contribution >= 4 is 0 Å². The average molecular weight is 234 g/mol. The highest BCUT2D eigenvalue weighted by molar-refractivity contribution is 5.43. The molecule has 2 N–H and O–H groups in total.